The van der Waals surface area contributed by atoms with Crippen molar-refractivity contribution >= 4 is 5.91 Å². The van der Waals surface area contributed by atoms with E-state index in [2.05, 4.69) is 5.32 Å². The summed E-state index contributed by atoms with van der Waals surface area (Å²) in [4.78, 5) is 13.2. The average Bonchev–Trinajstić information content (AvgIpc) is 2.14. The van der Waals surface area contributed by atoms with Crippen LogP contribution in [0.2, 0.25) is 0 Å². The van der Waals surface area contributed by atoms with Gasteiger partial charge in [0.25, 0.3) is 0 Å². The number of amides is 1. The van der Waals surface area contributed by atoms with E-state index in [1.54, 1.807) is 11.1 Å². The highest BCUT2D eigenvalue weighted by Crippen LogP contribution is 1.87. The second kappa shape index (κ2) is 7.38. The molecule has 0 aromatic heterocycles. The highest BCUT2D eigenvalue weighted by Gasteiger charge is 2.06. The van der Waals surface area contributed by atoms with Gasteiger partial charge in [-0.3, -0.25) is 4.79 Å². The van der Waals surface area contributed by atoms with Gasteiger partial charge in [-0.2, -0.15) is 0 Å². The second-order valence-corrected chi connectivity index (χ2v) is 3.17. The Balaban J connectivity index is 3.73. The minimum atomic E-state index is 0.0195. The van der Waals surface area contributed by atoms with Crippen LogP contribution in [0.25, 0.3) is 0 Å². The first-order valence-electron chi connectivity index (χ1n) is 5.05. The van der Waals surface area contributed by atoms with E-state index in [4.69, 9.17) is 5.73 Å². The molecule has 4 heteroatoms. The molecule has 0 aromatic carbocycles. The van der Waals surface area contributed by atoms with Crippen LogP contribution in [0.4, 0.5) is 0 Å². The first-order chi connectivity index (χ1) is 6.61. The minimum Gasteiger partial charge on any atom is -0.382 e. The monoisotopic (exact) mass is 199 g/mol. The molecule has 3 N–H and O–H groups in total. The summed E-state index contributed by atoms with van der Waals surface area (Å²) in [5, 5.41) is 2.91. The zero-order valence-electron chi connectivity index (χ0n) is 9.29. The normalized spacial score (nSPS) is 12.9. The molecule has 14 heavy (non-hydrogen) atoms. The topological polar surface area (TPSA) is 58.4 Å². The molecule has 4 nitrogen and oxygen atoms in total. The number of likely N-dealkylation sites (N-methyl/N-ethyl adjacent to an activating group) is 1. The van der Waals surface area contributed by atoms with Crippen molar-refractivity contribution in [3.8, 4) is 0 Å². The number of nitrogens with two attached hydrogens (primary N) is 1. The maximum Gasteiger partial charge on any atom is 0.241 e. The Morgan fingerprint density at radius 1 is 1.50 bits per heavy atom. The van der Waals surface area contributed by atoms with Crippen molar-refractivity contribution in [1.82, 2.24) is 10.2 Å². The maximum atomic E-state index is 11.4. The molecule has 1 unspecified atom stereocenters. The highest BCUT2D eigenvalue weighted by atomic mass is 16.2. The molecular weight excluding hydrogens is 178 g/mol. The number of hydrogen-bond donors (Lipinski definition) is 2. The zero-order chi connectivity index (χ0) is 11.0. The van der Waals surface area contributed by atoms with Crippen molar-refractivity contribution in [3.05, 3.63) is 12.3 Å². The van der Waals surface area contributed by atoms with Crippen molar-refractivity contribution in [2.24, 2.45) is 5.73 Å². The van der Waals surface area contributed by atoms with Gasteiger partial charge in [0.1, 0.15) is 0 Å². The predicted octanol–water partition coefficient (Wildman–Crippen LogP) is 0.305. The number of hydrogen-bond acceptors (Lipinski definition) is 3. The molecule has 0 saturated carbocycles. The Bertz CT molecular complexity index is 186. The van der Waals surface area contributed by atoms with E-state index in [9.17, 15) is 4.79 Å². The molecule has 1 amide bonds. The van der Waals surface area contributed by atoms with Gasteiger partial charge in [0.05, 0.1) is 6.54 Å². The third-order valence-electron chi connectivity index (χ3n) is 1.89. The molecule has 0 saturated heterocycles. The first-order valence-corrected chi connectivity index (χ1v) is 5.05. The largest absolute Gasteiger partial charge is 0.382 e. The summed E-state index contributed by atoms with van der Waals surface area (Å²) in [6, 6.07) is 0.0195. The van der Waals surface area contributed by atoms with Crippen LogP contribution in [0.1, 0.15) is 20.8 Å². The molecule has 0 heterocycles. The van der Waals surface area contributed by atoms with Gasteiger partial charge in [0, 0.05) is 19.1 Å². The third-order valence-corrected chi connectivity index (χ3v) is 1.89. The lowest BCUT2D eigenvalue weighted by Gasteiger charge is -2.18. The fourth-order valence-electron chi connectivity index (χ4n) is 1.05. The van der Waals surface area contributed by atoms with Gasteiger partial charge >= 0.3 is 0 Å². The highest BCUT2D eigenvalue weighted by molar-refractivity contribution is 5.78. The van der Waals surface area contributed by atoms with Crippen molar-refractivity contribution < 1.29 is 4.79 Å². The van der Waals surface area contributed by atoms with Crippen molar-refractivity contribution in [2.75, 3.05) is 19.6 Å². The van der Waals surface area contributed by atoms with Gasteiger partial charge in [-0.15, -0.1) is 0 Å². The number of rotatable bonds is 6. The Labute approximate surface area is 86.1 Å². The standard InChI is InChI=1S/C10H21N3O/c1-4-13(5-2)10(14)8-12-7-6-9(3)11/h6-7,9,12H,4-5,8,11H2,1-3H3/b7-6-. The van der Waals surface area contributed by atoms with E-state index < -0.39 is 0 Å². The van der Waals surface area contributed by atoms with E-state index in [0.717, 1.165) is 13.1 Å². The lowest BCUT2D eigenvalue weighted by molar-refractivity contribution is -0.129. The number of carbonyl (C=O) groups excluding carboxylic acids is 1. The molecular formula is C10H21N3O. The Morgan fingerprint density at radius 3 is 2.50 bits per heavy atom. The van der Waals surface area contributed by atoms with E-state index in [0.29, 0.717) is 6.54 Å². The van der Waals surface area contributed by atoms with E-state index >= 15 is 0 Å². The van der Waals surface area contributed by atoms with E-state index in [-0.39, 0.29) is 11.9 Å². The molecule has 0 rings (SSSR count). The Kier molecular flexibility index (Phi) is 6.84. The Hall–Kier alpha value is -1.03. The maximum absolute atomic E-state index is 11.4. The van der Waals surface area contributed by atoms with Crippen molar-refractivity contribution in [2.45, 2.75) is 26.8 Å². The minimum absolute atomic E-state index is 0.0195. The van der Waals surface area contributed by atoms with Crippen LogP contribution in [0.15, 0.2) is 12.3 Å². The van der Waals surface area contributed by atoms with Gasteiger partial charge in [-0.1, -0.05) is 6.08 Å². The van der Waals surface area contributed by atoms with Crippen LogP contribution in [-0.4, -0.2) is 36.5 Å². The molecule has 0 bridgehead atoms. The molecule has 0 fully saturated rings. The van der Waals surface area contributed by atoms with Crippen molar-refractivity contribution in [1.29, 1.82) is 0 Å². The zero-order valence-corrected chi connectivity index (χ0v) is 9.29. The fraction of sp³-hybridized carbons (Fsp3) is 0.700. The SMILES string of the molecule is CCN(CC)C(=O)CN/C=C\C(C)N. The predicted molar refractivity (Wildman–Crippen MR) is 58.7 cm³/mol. The smallest absolute Gasteiger partial charge is 0.241 e. The van der Waals surface area contributed by atoms with Crippen molar-refractivity contribution in [3.63, 3.8) is 0 Å². The molecule has 0 aromatic rings. The Morgan fingerprint density at radius 2 is 2.07 bits per heavy atom. The summed E-state index contributed by atoms with van der Waals surface area (Å²) in [5.74, 6) is 0.115. The summed E-state index contributed by atoms with van der Waals surface area (Å²) in [6.45, 7) is 7.68. The molecule has 0 aliphatic heterocycles. The quantitative estimate of drug-likeness (QED) is 0.647. The first kappa shape index (κ1) is 13.0. The van der Waals surface area contributed by atoms with Gasteiger partial charge in [0.2, 0.25) is 5.91 Å². The summed E-state index contributed by atoms with van der Waals surface area (Å²) in [5.41, 5.74) is 5.50. The molecule has 0 aliphatic rings. The summed E-state index contributed by atoms with van der Waals surface area (Å²) < 4.78 is 0. The molecule has 0 radical (unpaired) electrons. The van der Waals surface area contributed by atoms with Crippen LogP contribution in [0.5, 0.6) is 0 Å². The van der Waals surface area contributed by atoms with E-state index in [1.165, 1.54) is 0 Å². The van der Waals surface area contributed by atoms with Gasteiger partial charge in [0.15, 0.2) is 0 Å². The van der Waals surface area contributed by atoms with E-state index in [1.807, 2.05) is 26.8 Å². The third kappa shape index (κ3) is 5.59. The molecule has 0 aliphatic carbocycles. The van der Waals surface area contributed by atoms with Gasteiger partial charge in [-0.05, 0) is 27.0 Å². The van der Waals surface area contributed by atoms with Crippen LogP contribution in [-0.2, 0) is 4.79 Å². The average molecular weight is 199 g/mol. The molecule has 1 atom stereocenters. The number of carbonyl (C=O) groups is 1. The van der Waals surface area contributed by atoms with Gasteiger partial charge in [-0.25, -0.2) is 0 Å². The van der Waals surface area contributed by atoms with Crippen LogP contribution in [0.3, 0.4) is 0 Å². The molecule has 82 valence electrons. The number of nitrogens with one attached hydrogen (secondary N) is 1. The lowest BCUT2D eigenvalue weighted by atomic mass is 10.3. The summed E-state index contributed by atoms with van der Waals surface area (Å²) >= 11 is 0. The fourth-order valence-corrected chi connectivity index (χ4v) is 1.05. The summed E-state index contributed by atoms with van der Waals surface area (Å²) in [7, 11) is 0. The molecule has 0 spiro atoms. The second-order valence-electron chi connectivity index (χ2n) is 3.17. The van der Waals surface area contributed by atoms with Crippen LogP contribution in [0, 0.1) is 0 Å². The number of nitrogens with zero attached hydrogens (tertiary/aromatic N) is 1. The summed E-state index contributed by atoms with van der Waals surface area (Å²) in [6.07, 6.45) is 3.54. The van der Waals surface area contributed by atoms with Crippen LogP contribution < -0.4 is 11.1 Å². The van der Waals surface area contributed by atoms with Crippen LogP contribution >= 0.6 is 0 Å². The van der Waals surface area contributed by atoms with Gasteiger partial charge < -0.3 is 16.0 Å². The lowest BCUT2D eigenvalue weighted by Crippen LogP contribution is -2.36.